The second-order valence-electron chi connectivity index (χ2n) is 8.05. The van der Waals surface area contributed by atoms with E-state index in [1.807, 2.05) is 49.4 Å². The van der Waals surface area contributed by atoms with E-state index in [4.69, 9.17) is 0 Å². The Bertz CT molecular complexity index is 1160. The van der Waals surface area contributed by atoms with Crippen LogP contribution in [0.1, 0.15) is 35.7 Å². The Morgan fingerprint density at radius 2 is 1.59 bits per heavy atom. The Kier molecular flexibility index (Phi) is 6.67. The van der Waals surface area contributed by atoms with E-state index in [1.54, 1.807) is 36.5 Å². The van der Waals surface area contributed by atoms with Gasteiger partial charge in [-0.25, -0.2) is 8.42 Å². The highest BCUT2D eigenvalue weighted by molar-refractivity contribution is 7.89. The number of carbonyl (C=O) groups is 1. The van der Waals surface area contributed by atoms with Gasteiger partial charge in [-0.05, 0) is 49.1 Å². The number of nitrogens with one attached hydrogen (secondary N) is 1. The first-order chi connectivity index (χ1) is 15.5. The van der Waals surface area contributed by atoms with E-state index in [1.165, 1.54) is 4.31 Å². The number of amides is 1. The van der Waals surface area contributed by atoms with E-state index in [-0.39, 0.29) is 22.8 Å². The standard InChI is InChI=1S/C25H27N3O3S/c1-19-9-8-16-26-23(19)24(20-10-4-2-5-11-20)27-25(29)21-14-17-28(18-15-21)32(30,31)22-12-6-3-7-13-22/h2-13,16,21,24H,14-15,17-18H2,1H3,(H,27,29). The molecule has 1 fully saturated rings. The van der Waals surface area contributed by atoms with Crippen molar-refractivity contribution in [3.8, 4) is 0 Å². The van der Waals surface area contributed by atoms with Crippen LogP contribution in [0.25, 0.3) is 0 Å². The monoisotopic (exact) mass is 449 g/mol. The molecular formula is C25H27N3O3S. The average Bonchev–Trinajstić information content (AvgIpc) is 2.84. The molecule has 1 atom stereocenters. The van der Waals surface area contributed by atoms with Gasteiger partial charge in [-0.15, -0.1) is 0 Å². The van der Waals surface area contributed by atoms with Gasteiger partial charge in [0.25, 0.3) is 0 Å². The van der Waals surface area contributed by atoms with E-state index < -0.39 is 10.0 Å². The summed E-state index contributed by atoms with van der Waals surface area (Å²) in [6.45, 7) is 2.64. The van der Waals surface area contributed by atoms with Gasteiger partial charge in [-0.1, -0.05) is 54.6 Å². The van der Waals surface area contributed by atoms with Gasteiger partial charge in [0, 0.05) is 25.2 Å². The van der Waals surface area contributed by atoms with Crippen LogP contribution in [0, 0.1) is 12.8 Å². The lowest BCUT2D eigenvalue weighted by Gasteiger charge is -2.31. The molecule has 6 nitrogen and oxygen atoms in total. The van der Waals surface area contributed by atoms with Crippen LogP contribution < -0.4 is 5.32 Å². The molecule has 1 aliphatic heterocycles. The van der Waals surface area contributed by atoms with Gasteiger partial charge in [0.1, 0.15) is 0 Å². The van der Waals surface area contributed by atoms with Crippen molar-refractivity contribution in [2.24, 2.45) is 5.92 Å². The van der Waals surface area contributed by atoms with Crippen molar-refractivity contribution in [3.05, 3.63) is 95.8 Å². The molecule has 1 aromatic heterocycles. The highest BCUT2D eigenvalue weighted by Crippen LogP contribution is 2.27. The lowest BCUT2D eigenvalue weighted by molar-refractivity contribution is -0.126. The fraction of sp³-hybridized carbons (Fsp3) is 0.280. The van der Waals surface area contributed by atoms with Crippen LogP contribution in [0.2, 0.25) is 0 Å². The molecular weight excluding hydrogens is 422 g/mol. The minimum atomic E-state index is -3.53. The predicted molar refractivity (Wildman–Crippen MR) is 123 cm³/mol. The molecule has 0 bridgehead atoms. The molecule has 166 valence electrons. The zero-order valence-corrected chi connectivity index (χ0v) is 18.8. The topological polar surface area (TPSA) is 79.4 Å². The van der Waals surface area contributed by atoms with Gasteiger partial charge in [-0.3, -0.25) is 9.78 Å². The first kappa shape index (κ1) is 22.2. The summed E-state index contributed by atoms with van der Waals surface area (Å²) in [6, 6.07) is 21.7. The lowest BCUT2D eigenvalue weighted by atomic mass is 9.94. The highest BCUT2D eigenvalue weighted by Gasteiger charge is 2.33. The third-order valence-electron chi connectivity index (χ3n) is 5.95. The van der Waals surface area contributed by atoms with E-state index in [0.717, 1.165) is 16.8 Å². The summed E-state index contributed by atoms with van der Waals surface area (Å²) in [6.07, 6.45) is 2.71. The van der Waals surface area contributed by atoms with Crippen LogP contribution in [0.4, 0.5) is 0 Å². The van der Waals surface area contributed by atoms with E-state index in [9.17, 15) is 13.2 Å². The fourth-order valence-corrected chi connectivity index (χ4v) is 5.61. The van der Waals surface area contributed by atoms with Crippen LogP contribution in [-0.2, 0) is 14.8 Å². The molecule has 1 saturated heterocycles. The van der Waals surface area contributed by atoms with Crippen molar-refractivity contribution in [1.29, 1.82) is 0 Å². The Morgan fingerprint density at radius 1 is 0.969 bits per heavy atom. The molecule has 3 aromatic rings. The molecule has 2 heterocycles. The second kappa shape index (κ2) is 9.63. The molecule has 1 unspecified atom stereocenters. The van der Waals surface area contributed by atoms with Crippen LogP contribution >= 0.6 is 0 Å². The van der Waals surface area contributed by atoms with E-state index >= 15 is 0 Å². The van der Waals surface area contributed by atoms with Gasteiger partial charge >= 0.3 is 0 Å². The summed E-state index contributed by atoms with van der Waals surface area (Å²) in [7, 11) is -3.53. The maximum Gasteiger partial charge on any atom is 0.243 e. The molecule has 0 spiro atoms. The van der Waals surface area contributed by atoms with Crippen molar-refractivity contribution < 1.29 is 13.2 Å². The van der Waals surface area contributed by atoms with Crippen LogP contribution in [0.5, 0.6) is 0 Å². The number of pyridine rings is 1. The predicted octanol–water partition coefficient (Wildman–Crippen LogP) is 3.70. The quantitative estimate of drug-likeness (QED) is 0.622. The smallest absolute Gasteiger partial charge is 0.243 e. The van der Waals surface area contributed by atoms with E-state index in [2.05, 4.69) is 10.3 Å². The van der Waals surface area contributed by atoms with Crippen molar-refractivity contribution >= 4 is 15.9 Å². The largest absolute Gasteiger partial charge is 0.343 e. The molecule has 0 radical (unpaired) electrons. The number of carbonyl (C=O) groups excluding carboxylic acids is 1. The molecule has 1 amide bonds. The summed E-state index contributed by atoms with van der Waals surface area (Å²) in [5, 5.41) is 3.18. The SMILES string of the molecule is Cc1cccnc1C(NC(=O)C1CCN(S(=O)(=O)c2ccccc2)CC1)c1ccccc1. The number of nitrogens with zero attached hydrogens (tertiary/aromatic N) is 2. The molecule has 7 heteroatoms. The summed E-state index contributed by atoms with van der Waals surface area (Å²) in [5.74, 6) is -0.312. The fourth-order valence-electron chi connectivity index (χ4n) is 4.12. The zero-order valence-electron chi connectivity index (χ0n) is 18.0. The zero-order chi connectivity index (χ0) is 22.6. The van der Waals surface area contributed by atoms with Gasteiger partial charge in [-0.2, -0.15) is 4.31 Å². The van der Waals surface area contributed by atoms with Gasteiger partial charge in [0.05, 0.1) is 16.6 Å². The minimum Gasteiger partial charge on any atom is -0.343 e. The van der Waals surface area contributed by atoms with Crippen molar-refractivity contribution in [2.75, 3.05) is 13.1 Å². The van der Waals surface area contributed by atoms with Gasteiger partial charge in [0.2, 0.25) is 15.9 Å². The van der Waals surface area contributed by atoms with Gasteiger partial charge < -0.3 is 5.32 Å². The Morgan fingerprint density at radius 3 is 2.22 bits per heavy atom. The molecule has 0 aliphatic carbocycles. The first-order valence-corrected chi connectivity index (χ1v) is 12.2. The van der Waals surface area contributed by atoms with Crippen LogP contribution in [-0.4, -0.2) is 36.7 Å². The normalized spacial score (nSPS) is 16.4. The summed E-state index contributed by atoms with van der Waals surface area (Å²) in [4.78, 5) is 18.0. The van der Waals surface area contributed by atoms with Crippen molar-refractivity contribution in [2.45, 2.75) is 30.7 Å². The van der Waals surface area contributed by atoms with Crippen LogP contribution in [0.3, 0.4) is 0 Å². The Balaban J connectivity index is 1.47. The molecule has 2 aromatic carbocycles. The molecule has 1 aliphatic rings. The number of aryl methyl sites for hydroxylation is 1. The molecule has 0 saturated carbocycles. The van der Waals surface area contributed by atoms with Crippen molar-refractivity contribution in [1.82, 2.24) is 14.6 Å². The number of hydrogen-bond acceptors (Lipinski definition) is 4. The van der Waals surface area contributed by atoms with E-state index in [0.29, 0.717) is 25.9 Å². The van der Waals surface area contributed by atoms with Crippen LogP contribution in [0.15, 0.2) is 83.9 Å². The average molecular weight is 450 g/mol. The lowest BCUT2D eigenvalue weighted by Crippen LogP contribution is -2.44. The maximum atomic E-state index is 13.2. The number of rotatable bonds is 6. The number of benzene rings is 2. The Labute approximate surface area is 189 Å². The molecule has 4 rings (SSSR count). The number of sulfonamides is 1. The molecule has 32 heavy (non-hydrogen) atoms. The van der Waals surface area contributed by atoms with Gasteiger partial charge in [0.15, 0.2) is 0 Å². The third kappa shape index (κ3) is 4.74. The molecule has 1 N–H and O–H groups in total. The number of hydrogen-bond donors (Lipinski definition) is 1. The second-order valence-corrected chi connectivity index (χ2v) is 9.99. The summed E-state index contributed by atoms with van der Waals surface area (Å²) in [5.41, 5.74) is 2.79. The first-order valence-electron chi connectivity index (χ1n) is 10.8. The Hall–Kier alpha value is -3.03. The summed E-state index contributed by atoms with van der Waals surface area (Å²) < 4.78 is 27.2. The maximum absolute atomic E-state index is 13.2. The third-order valence-corrected chi connectivity index (χ3v) is 7.86. The minimum absolute atomic E-state index is 0.0688. The highest BCUT2D eigenvalue weighted by atomic mass is 32.2. The number of aromatic nitrogens is 1. The van der Waals surface area contributed by atoms with Crippen molar-refractivity contribution in [3.63, 3.8) is 0 Å². The summed E-state index contributed by atoms with van der Waals surface area (Å²) >= 11 is 0. The number of piperidine rings is 1.